The summed E-state index contributed by atoms with van der Waals surface area (Å²) in [7, 11) is 1.87. The maximum atomic E-state index is 7.51. The molecule has 0 amide bonds. The van der Waals surface area contributed by atoms with E-state index in [1.165, 1.54) is 6.21 Å². The van der Waals surface area contributed by atoms with E-state index in [9.17, 15) is 0 Å². The zero-order valence-corrected chi connectivity index (χ0v) is 9.42. The van der Waals surface area contributed by atoms with Gasteiger partial charge in [0, 0.05) is 31.1 Å². The molecule has 16 heavy (non-hydrogen) atoms. The van der Waals surface area contributed by atoms with Crippen LogP contribution in [0.5, 0.6) is 0 Å². The lowest BCUT2D eigenvalue weighted by Gasteiger charge is -2.26. The Balaban J connectivity index is 2.34. The SMILES string of the molecule is CNc1cccc(C2COCCN2)c1C=N. The van der Waals surface area contributed by atoms with Gasteiger partial charge in [-0.3, -0.25) is 0 Å². The molecule has 1 aliphatic heterocycles. The summed E-state index contributed by atoms with van der Waals surface area (Å²) in [6.45, 7) is 2.31. The molecule has 1 unspecified atom stereocenters. The summed E-state index contributed by atoms with van der Waals surface area (Å²) in [5.74, 6) is 0. The average molecular weight is 219 g/mol. The lowest BCUT2D eigenvalue weighted by molar-refractivity contribution is 0.0768. The highest BCUT2D eigenvalue weighted by Crippen LogP contribution is 2.24. The largest absolute Gasteiger partial charge is 0.388 e. The molecule has 2 rings (SSSR count). The molecule has 1 aliphatic rings. The predicted octanol–water partition coefficient (Wildman–Crippen LogP) is 1.39. The highest BCUT2D eigenvalue weighted by atomic mass is 16.5. The van der Waals surface area contributed by atoms with Gasteiger partial charge in [-0.05, 0) is 11.6 Å². The van der Waals surface area contributed by atoms with Gasteiger partial charge in [0.05, 0.1) is 19.3 Å². The zero-order chi connectivity index (χ0) is 11.4. The van der Waals surface area contributed by atoms with E-state index in [0.29, 0.717) is 6.61 Å². The number of morpholine rings is 1. The second-order valence-corrected chi connectivity index (χ2v) is 3.78. The molecule has 0 bridgehead atoms. The molecule has 1 fully saturated rings. The van der Waals surface area contributed by atoms with Crippen LogP contribution in [0.25, 0.3) is 0 Å². The molecule has 1 aromatic rings. The molecule has 0 spiro atoms. The van der Waals surface area contributed by atoms with Crippen LogP contribution in [0.2, 0.25) is 0 Å². The summed E-state index contributed by atoms with van der Waals surface area (Å²) in [5, 5.41) is 14.0. The van der Waals surface area contributed by atoms with Crippen LogP contribution in [0.15, 0.2) is 18.2 Å². The molecular weight excluding hydrogens is 202 g/mol. The van der Waals surface area contributed by atoms with Crippen molar-refractivity contribution in [3.63, 3.8) is 0 Å². The Hall–Kier alpha value is -1.39. The van der Waals surface area contributed by atoms with E-state index in [0.717, 1.165) is 30.0 Å². The third-order valence-corrected chi connectivity index (χ3v) is 2.85. The van der Waals surface area contributed by atoms with E-state index in [4.69, 9.17) is 10.1 Å². The van der Waals surface area contributed by atoms with Crippen molar-refractivity contribution in [2.24, 2.45) is 0 Å². The van der Waals surface area contributed by atoms with Crippen molar-refractivity contribution in [3.05, 3.63) is 29.3 Å². The third kappa shape index (κ3) is 2.08. The van der Waals surface area contributed by atoms with Crippen LogP contribution in [-0.4, -0.2) is 33.0 Å². The molecule has 4 nitrogen and oxygen atoms in total. The Morgan fingerprint density at radius 2 is 2.44 bits per heavy atom. The smallest absolute Gasteiger partial charge is 0.0662 e. The molecule has 86 valence electrons. The number of benzene rings is 1. The fraction of sp³-hybridized carbons (Fsp3) is 0.417. The Morgan fingerprint density at radius 3 is 3.06 bits per heavy atom. The fourth-order valence-electron chi connectivity index (χ4n) is 2.03. The maximum absolute atomic E-state index is 7.51. The Labute approximate surface area is 95.5 Å². The van der Waals surface area contributed by atoms with Crippen molar-refractivity contribution >= 4 is 11.9 Å². The lowest BCUT2D eigenvalue weighted by atomic mass is 9.99. The number of ether oxygens (including phenoxy) is 1. The van der Waals surface area contributed by atoms with E-state index in [1.54, 1.807) is 0 Å². The van der Waals surface area contributed by atoms with Crippen molar-refractivity contribution in [1.82, 2.24) is 5.32 Å². The van der Waals surface area contributed by atoms with Crippen LogP contribution < -0.4 is 10.6 Å². The first-order chi connectivity index (χ1) is 7.86. The van der Waals surface area contributed by atoms with Crippen LogP contribution in [0.3, 0.4) is 0 Å². The first kappa shape index (κ1) is 11.1. The van der Waals surface area contributed by atoms with Crippen molar-refractivity contribution in [2.45, 2.75) is 6.04 Å². The van der Waals surface area contributed by atoms with Crippen molar-refractivity contribution in [1.29, 1.82) is 5.41 Å². The van der Waals surface area contributed by atoms with Crippen molar-refractivity contribution < 1.29 is 4.74 Å². The first-order valence-electron chi connectivity index (χ1n) is 5.49. The van der Waals surface area contributed by atoms with Gasteiger partial charge in [-0.1, -0.05) is 12.1 Å². The van der Waals surface area contributed by atoms with Gasteiger partial charge in [0.25, 0.3) is 0 Å². The minimum atomic E-state index is 0.193. The van der Waals surface area contributed by atoms with Gasteiger partial charge >= 0.3 is 0 Å². The van der Waals surface area contributed by atoms with Gasteiger partial charge in [-0.15, -0.1) is 0 Å². The molecule has 1 heterocycles. The van der Waals surface area contributed by atoms with Crippen molar-refractivity contribution in [3.8, 4) is 0 Å². The highest BCUT2D eigenvalue weighted by Gasteiger charge is 2.18. The molecular formula is C12H17N3O. The molecule has 0 saturated carbocycles. The number of nitrogens with one attached hydrogen (secondary N) is 3. The Kier molecular flexibility index (Phi) is 3.54. The molecule has 3 N–H and O–H groups in total. The summed E-state index contributed by atoms with van der Waals surface area (Å²) >= 11 is 0. The second-order valence-electron chi connectivity index (χ2n) is 3.78. The molecule has 1 aromatic carbocycles. The number of hydrogen-bond donors (Lipinski definition) is 3. The molecule has 4 heteroatoms. The van der Waals surface area contributed by atoms with Crippen LogP contribution >= 0.6 is 0 Å². The number of hydrogen-bond acceptors (Lipinski definition) is 4. The molecule has 1 saturated heterocycles. The Bertz CT molecular complexity index is 373. The number of rotatable bonds is 3. The minimum Gasteiger partial charge on any atom is -0.388 e. The zero-order valence-electron chi connectivity index (χ0n) is 9.42. The van der Waals surface area contributed by atoms with E-state index in [1.807, 2.05) is 25.2 Å². The van der Waals surface area contributed by atoms with E-state index in [-0.39, 0.29) is 6.04 Å². The van der Waals surface area contributed by atoms with Crippen LogP contribution in [0.4, 0.5) is 5.69 Å². The normalized spacial score (nSPS) is 20.4. The van der Waals surface area contributed by atoms with Crippen LogP contribution in [-0.2, 0) is 4.74 Å². The van der Waals surface area contributed by atoms with Gasteiger partial charge in [-0.25, -0.2) is 0 Å². The summed E-state index contributed by atoms with van der Waals surface area (Å²) in [4.78, 5) is 0. The van der Waals surface area contributed by atoms with Gasteiger partial charge in [0.1, 0.15) is 0 Å². The minimum absolute atomic E-state index is 0.193. The topological polar surface area (TPSA) is 57.1 Å². The van der Waals surface area contributed by atoms with Gasteiger partial charge in [0.2, 0.25) is 0 Å². The molecule has 0 aliphatic carbocycles. The van der Waals surface area contributed by atoms with Crippen molar-refractivity contribution in [2.75, 3.05) is 32.1 Å². The Morgan fingerprint density at radius 1 is 1.56 bits per heavy atom. The molecule has 1 atom stereocenters. The summed E-state index contributed by atoms with van der Waals surface area (Å²) in [6.07, 6.45) is 1.40. The molecule has 0 aromatic heterocycles. The van der Waals surface area contributed by atoms with Gasteiger partial charge < -0.3 is 20.8 Å². The van der Waals surface area contributed by atoms with Gasteiger partial charge in [0.15, 0.2) is 0 Å². The number of anilines is 1. The predicted molar refractivity (Wildman–Crippen MR) is 65.4 cm³/mol. The van der Waals surface area contributed by atoms with E-state index < -0.39 is 0 Å². The van der Waals surface area contributed by atoms with Crippen LogP contribution in [0.1, 0.15) is 17.2 Å². The van der Waals surface area contributed by atoms with E-state index >= 15 is 0 Å². The highest BCUT2D eigenvalue weighted by molar-refractivity contribution is 5.88. The maximum Gasteiger partial charge on any atom is 0.0662 e. The standard InChI is InChI=1S/C12H17N3O/c1-14-11-4-2-3-9(10(11)7-13)12-8-16-6-5-15-12/h2-4,7,12-15H,5-6,8H2,1H3. The summed E-state index contributed by atoms with van der Waals surface area (Å²) in [5.41, 5.74) is 3.05. The quantitative estimate of drug-likeness (QED) is 0.673. The first-order valence-corrected chi connectivity index (χ1v) is 5.49. The lowest BCUT2D eigenvalue weighted by Crippen LogP contribution is -2.35. The average Bonchev–Trinajstić information content (AvgIpc) is 2.38. The summed E-state index contributed by atoms with van der Waals surface area (Å²) < 4.78 is 5.45. The van der Waals surface area contributed by atoms with Crippen LogP contribution in [0, 0.1) is 5.41 Å². The third-order valence-electron chi connectivity index (χ3n) is 2.85. The van der Waals surface area contributed by atoms with E-state index in [2.05, 4.69) is 10.6 Å². The fourth-order valence-corrected chi connectivity index (χ4v) is 2.03. The monoisotopic (exact) mass is 219 g/mol. The van der Waals surface area contributed by atoms with Gasteiger partial charge in [-0.2, -0.15) is 0 Å². The molecule has 0 radical (unpaired) electrons. The second kappa shape index (κ2) is 5.09. The summed E-state index contributed by atoms with van der Waals surface area (Å²) in [6, 6.07) is 6.23.